The zero-order valence-electron chi connectivity index (χ0n) is 12.1. The Bertz CT molecular complexity index is 620. The van der Waals surface area contributed by atoms with Crippen LogP contribution >= 0.6 is 15.9 Å². The van der Waals surface area contributed by atoms with Crippen LogP contribution in [-0.2, 0) is 11.2 Å². The zero-order chi connectivity index (χ0) is 15.2. The monoisotopic (exact) mass is 348 g/mol. The van der Waals surface area contributed by atoms with E-state index in [0.717, 1.165) is 16.6 Å². The van der Waals surface area contributed by atoms with Crippen LogP contribution in [0.5, 0.6) is 11.5 Å². The van der Waals surface area contributed by atoms with Crippen LogP contribution in [0.25, 0.3) is 0 Å². The fraction of sp³-hybridized carbons (Fsp3) is 0.235. The lowest BCUT2D eigenvalue weighted by Crippen LogP contribution is -1.95. The van der Waals surface area contributed by atoms with Crippen LogP contribution in [0.1, 0.15) is 22.8 Å². The highest BCUT2D eigenvalue weighted by Gasteiger charge is 2.07. The topological polar surface area (TPSA) is 35.5 Å². The number of rotatable bonds is 6. The van der Waals surface area contributed by atoms with Gasteiger partial charge in [-0.2, -0.15) is 0 Å². The maximum absolute atomic E-state index is 11.4. The standard InChI is InChI=1S/C17H17BrO3/c1-12(19)16-8-7-15(11-17(16)18)21-14-5-3-13(4-6-14)9-10-20-2/h3-8,11H,9-10H2,1-2H3. The van der Waals surface area contributed by atoms with E-state index < -0.39 is 0 Å². The van der Waals surface area contributed by atoms with Gasteiger partial charge in [-0.15, -0.1) is 0 Å². The molecular formula is C17H17BrO3. The van der Waals surface area contributed by atoms with Crippen LogP contribution in [0, 0.1) is 0 Å². The normalized spacial score (nSPS) is 10.4. The van der Waals surface area contributed by atoms with Gasteiger partial charge in [0.25, 0.3) is 0 Å². The molecule has 3 nitrogen and oxygen atoms in total. The third kappa shape index (κ3) is 4.41. The van der Waals surface area contributed by atoms with E-state index in [0.29, 0.717) is 17.9 Å². The molecule has 4 heteroatoms. The summed E-state index contributed by atoms with van der Waals surface area (Å²) in [5.41, 5.74) is 1.86. The summed E-state index contributed by atoms with van der Waals surface area (Å²) in [5.74, 6) is 1.48. The summed E-state index contributed by atoms with van der Waals surface area (Å²) in [6, 6.07) is 13.3. The Morgan fingerprint density at radius 3 is 2.33 bits per heavy atom. The van der Waals surface area contributed by atoms with Crippen molar-refractivity contribution < 1.29 is 14.3 Å². The van der Waals surface area contributed by atoms with E-state index in [9.17, 15) is 4.79 Å². The molecule has 2 aromatic rings. The Kier molecular flexibility index (Phi) is 5.53. The van der Waals surface area contributed by atoms with Gasteiger partial charge in [-0.05, 0) is 65.2 Å². The lowest BCUT2D eigenvalue weighted by atomic mass is 10.1. The van der Waals surface area contributed by atoms with Crippen molar-refractivity contribution in [2.45, 2.75) is 13.3 Å². The van der Waals surface area contributed by atoms with Crippen molar-refractivity contribution in [1.29, 1.82) is 0 Å². The Hall–Kier alpha value is -1.65. The van der Waals surface area contributed by atoms with Crippen LogP contribution in [0.4, 0.5) is 0 Å². The molecule has 0 saturated carbocycles. The highest BCUT2D eigenvalue weighted by Crippen LogP contribution is 2.27. The minimum absolute atomic E-state index is 0.0240. The lowest BCUT2D eigenvalue weighted by Gasteiger charge is -2.08. The molecule has 0 aliphatic rings. The number of carbonyl (C=O) groups is 1. The maximum Gasteiger partial charge on any atom is 0.160 e. The van der Waals surface area contributed by atoms with Crippen LogP contribution in [-0.4, -0.2) is 19.5 Å². The predicted molar refractivity (Wildman–Crippen MR) is 86.2 cm³/mol. The van der Waals surface area contributed by atoms with Crippen molar-refractivity contribution >= 4 is 21.7 Å². The van der Waals surface area contributed by atoms with Gasteiger partial charge < -0.3 is 9.47 Å². The molecule has 2 rings (SSSR count). The van der Waals surface area contributed by atoms with Crippen LogP contribution < -0.4 is 4.74 Å². The van der Waals surface area contributed by atoms with Crippen molar-refractivity contribution in [2.24, 2.45) is 0 Å². The van der Waals surface area contributed by atoms with Crippen LogP contribution in [0.3, 0.4) is 0 Å². The molecular weight excluding hydrogens is 332 g/mol. The number of benzene rings is 2. The van der Waals surface area contributed by atoms with Crippen molar-refractivity contribution in [3.05, 3.63) is 58.1 Å². The number of halogens is 1. The molecule has 0 aliphatic carbocycles. The van der Waals surface area contributed by atoms with Gasteiger partial charge in [0.15, 0.2) is 5.78 Å². The Morgan fingerprint density at radius 1 is 1.10 bits per heavy atom. The summed E-state index contributed by atoms with van der Waals surface area (Å²) < 4.78 is 11.6. The van der Waals surface area contributed by atoms with E-state index in [4.69, 9.17) is 9.47 Å². The summed E-state index contributed by atoms with van der Waals surface area (Å²) in [4.78, 5) is 11.4. The van der Waals surface area contributed by atoms with Crippen molar-refractivity contribution in [3.63, 3.8) is 0 Å². The number of ketones is 1. The van der Waals surface area contributed by atoms with Crippen LogP contribution in [0.2, 0.25) is 0 Å². The molecule has 0 aromatic heterocycles. The number of hydrogen-bond donors (Lipinski definition) is 0. The Labute approximate surface area is 133 Å². The van der Waals surface area contributed by atoms with E-state index >= 15 is 0 Å². The van der Waals surface area contributed by atoms with Crippen molar-refractivity contribution in [1.82, 2.24) is 0 Å². The molecule has 0 unspecified atom stereocenters. The second kappa shape index (κ2) is 7.38. The van der Waals surface area contributed by atoms with Crippen molar-refractivity contribution in [2.75, 3.05) is 13.7 Å². The molecule has 0 bridgehead atoms. The first kappa shape index (κ1) is 15.7. The van der Waals surface area contributed by atoms with E-state index in [-0.39, 0.29) is 5.78 Å². The second-order valence-corrected chi connectivity index (χ2v) is 5.54. The highest BCUT2D eigenvalue weighted by molar-refractivity contribution is 9.10. The summed E-state index contributed by atoms with van der Waals surface area (Å²) >= 11 is 3.39. The summed E-state index contributed by atoms with van der Waals surface area (Å²) in [6.45, 7) is 2.25. The summed E-state index contributed by atoms with van der Waals surface area (Å²) in [7, 11) is 1.69. The first-order valence-corrected chi connectivity index (χ1v) is 7.45. The van der Waals surface area contributed by atoms with Gasteiger partial charge >= 0.3 is 0 Å². The highest BCUT2D eigenvalue weighted by atomic mass is 79.9. The van der Waals surface area contributed by atoms with E-state index in [1.165, 1.54) is 5.56 Å². The molecule has 0 atom stereocenters. The smallest absolute Gasteiger partial charge is 0.160 e. The van der Waals surface area contributed by atoms with Crippen molar-refractivity contribution in [3.8, 4) is 11.5 Å². The third-order valence-corrected chi connectivity index (χ3v) is 3.73. The molecule has 0 aliphatic heterocycles. The molecule has 2 aromatic carbocycles. The predicted octanol–water partition coefficient (Wildman–Crippen LogP) is 4.63. The minimum Gasteiger partial charge on any atom is -0.457 e. The maximum atomic E-state index is 11.4. The van der Waals surface area contributed by atoms with Gasteiger partial charge in [0, 0.05) is 17.1 Å². The number of methoxy groups -OCH3 is 1. The molecule has 0 fully saturated rings. The first-order chi connectivity index (χ1) is 10.1. The quantitative estimate of drug-likeness (QED) is 0.713. The fourth-order valence-corrected chi connectivity index (χ4v) is 2.56. The molecule has 0 heterocycles. The fourth-order valence-electron chi connectivity index (χ4n) is 1.92. The van der Waals surface area contributed by atoms with Crippen LogP contribution in [0.15, 0.2) is 46.9 Å². The van der Waals surface area contributed by atoms with Gasteiger partial charge in [-0.25, -0.2) is 0 Å². The second-order valence-electron chi connectivity index (χ2n) is 4.69. The molecule has 0 amide bonds. The minimum atomic E-state index is 0.0240. The zero-order valence-corrected chi connectivity index (χ0v) is 13.6. The molecule has 110 valence electrons. The lowest BCUT2D eigenvalue weighted by molar-refractivity contribution is 0.101. The number of carbonyl (C=O) groups excluding carboxylic acids is 1. The third-order valence-electron chi connectivity index (χ3n) is 3.07. The average Bonchev–Trinajstić information content (AvgIpc) is 2.46. The van der Waals surface area contributed by atoms with Gasteiger partial charge in [-0.3, -0.25) is 4.79 Å². The number of Topliss-reactive ketones (excluding diaryl/α,β-unsaturated/α-hetero) is 1. The molecule has 0 radical (unpaired) electrons. The van der Waals surface area contributed by atoms with E-state index in [1.54, 1.807) is 32.2 Å². The van der Waals surface area contributed by atoms with E-state index in [2.05, 4.69) is 15.9 Å². The Morgan fingerprint density at radius 2 is 1.76 bits per heavy atom. The molecule has 0 saturated heterocycles. The summed E-state index contributed by atoms with van der Waals surface area (Å²) in [6.07, 6.45) is 0.885. The van der Waals surface area contributed by atoms with Gasteiger partial charge in [-0.1, -0.05) is 12.1 Å². The SMILES string of the molecule is COCCc1ccc(Oc2ccc(C(C)=O)c(Br)c2)cc1. The van der Waals surface area contributed by atoms with Gasteiger partial charge in [0.2, 0.25) is 0 Å². The van der Waals surface area contributed by atoms with Gasteiger partial charge in [0.05, 0.1) is 6.61 Å². The first-order valence-electron chi connectivity index (χ1n) is 6.66. The molecule has 0 spiro atoms. The number of ether oxygens (including phenoxy) is 2. The molecule has 21 heavy (non-hydrogen) atoms. The largest absolute Gasteiger partial charge is 0.457 e. The average molecular weight is 349 g/mol. The van der Waals surface area contributed by atoms with E-state index in [1.807, 2.05) is 24.3 Å². The van der Waals surface area contributed by atoms with Gasteiger partial charge in [0.1, 0.15) is 11.5 Å². The Balaban J connectivity index is 2.07. The summed E-state index contributed by atoms with van der Waals surface area (Å²) in [5, 5.41) is 0. The number of hydrogen-bond acceptors (Lipinski definition) is 3. The molecule has 0 N–H and O–H groups in total.